The van der Waals surface area contributed by atoms with Crippen LogP contribution in [-0.4, -0.2) is 29.9 Å². The minimum absolute atomic E-state index is 0.277. The SMILES string of the molecule is COc1cccc2c1c(C(O)C1CCCNC1)cn2C. The van der Waals surface area contributed by atoms with Crippen molar-refractivity contribution in [3.63, 3.8) is 0 Å². The van der Waals surface area contributed by atoms with Crippen LogP contribution in [-0.2, 0) is 7.05 Å². The van der Waals surface area contributed by atoms with Crippen molar-refractivity contribution < 1.29 is 9.84 Å². The Morgan fingerprint density at radius 1 is 1.45 bits per heavy atom. The lowest BCUT2D eigenvalue weighted by molar-refractivity contribution is 0.0932. The number of rotatable bonds is 3. The van der Waals surface area contributed by atoms with Gasteiger partial charge in [0.1, 0.15) is 5.75 Å². The van der Waals surface area contributed by atoms with Crippen LogP contribution >= 0.6 is 0 Å². The Morgan fingerprint density at radius 3 is 3.00 bits per heavy atom. The lowest BCUT2D eigenvalue weighted by Crippen LogP contribution is -2.33. The molecule has 20 heavy (non-hydrogen) atoms. The molecule has 1 aromatic carbocycles. The van der Waals surface area contributed by atoms with Crippen LogP contribution < -0.4 is 10.1 Å². The number of aliphatic hydroxyl groups is 1. The topological polar surface area (TPSA) is 46.4 Å². The molecule has 0 bridgehead atoms. The van der Waals surface area contributed by atoms with Crippen LogP contribution in [0.3, 0.4) is 0 Å². The first-order chi connectivity index (χ1) is 9.72. The van der Waals surface area contributed by atoms with Gasteiger partial charge in [-0.2, -0.15) is 0 Å². The van der Waals surface area contributed by atoms with Crippen molar-refractivity contribution in [1.82, 2.24) is 9.88 Å². The molecule has 2 atom stereocenters. The lowest BCUT2D eigenvalue weighted by atomic mass is 9.89. The number of nitrogens with one attached hydrogen (secondary N) is 1. The van der Waals surface area contributed by atoms with E-state index in [-0.39, 0.29) is 5.92 Å². The van der Waals surface area contributed by atoms with Crippen molar-refractivity contribution in [3.05, 3.63) is 30.0 Å². The lowest BCUT2D eigenvalue weighted by Gasteiger charge is -2.27. The van der Waals surface area contributed by atoms with E-state index >= 15 is 0 Å². The molecule has 4 nitrogen and oxygen atoms in total. The van der Waals surface area contributed by atoms with E-state index in [9.17, 15) is 5.11 Å². The van der Waals surface area contributed by atoms with Gasteiger partial charge in [-0.25, -0.2) is 0 Å². The first-order valence-corrected chi connectivity index (χ1v) is 7.23. The first-order valence-electron chi connectivity index (χ1n) is 7.23. The Bertz CT molecular complexity index is 600. The fourth-order valence-electron chi connectivity index (χ4n) is 3.24. The van der Waals surface area contributed by atoms with Crippen molar-refractivity contribution in [2.45, 2.75) is 18.9 Å². The highest BCUT2D eigenvalue weighted by Gasteiger charge is 2.26. The standard InChI is InChI=1S/C16H22N2O2/c1-18-10-12(16(19)11-5-4-8-17-9-11)15-13(18)6-3-7-14(15)20-2/h3,6-7,10-11,16-17,19H,4-5,8-9H2,1-2H3. The summed E-state index contributed by atoms with van der Waals surface area (Å²) in [5.41, 5.74) is 2.08. The highest BCUT2D eigenvalue weighted by Crippen LogP contribution is 2.37. The number of piperidine rings is 1. The van der Waals surface area contributed by atoms with E-state index in [1.165, 1.54) is 0 Å². The molecule has 1 aliphatic rings. The summed E-state index contributed by atoms with van der Waals surface area (Å²) >= 11 is 0. The first kappa shape index (κ1) is 13.5. The predicted octanol–water partition coefficient (Wildman–Crippen LogP) is 2.22. The third kappa shape index (κ3) is 2.19. The molecular formula is C16H22N2O2. The van der Waals surface area contributed by atoms with Crippen LogP contribution in [0.15, 0.2) is 24.4 Å². The summed E-state index contributed by atoms with van der Waals surface area (Å²) in [5.74, 6) is 1.11. The highest BCUT2D eigenvalue weighted by molar-refractivity contribution is 5.90. The zero-order valence-electron chi connectivity index (χ0n) is 12.1. The second-order valence-electron chi connectivity index (χ2n) is 5.60. The summed E-state index contributed by atoms with van der Waals surface area (Å²) in [6.07, 6.45) is 3.79. The molecule has 1 aromatic heterocycles. The number of aryl methyl sites for hydroxylation is 1. The minimum atomic E-state index is -0.442. The van der Waals surface area contributed by atoms with Crippen LogP contribution in [0.5, 0.6) is 5.75 Å². The zero-order chi connectivity index (χ0) is 14.1. The van der Waals surface area contributed by atoms with Gasteiger partial charge in [-0.05, 0) is 31.5 Å². The van der Waals surface area contributed by atoms with E-state index < -0.39 is 6.10 Å². The van der Waals surface area contributed by atoms with Crippen LogP contribution in [0.2, 0.25) is 0 Å². The van der Waals surface area contributed by atoms with Crippen LogP contribution in [0, 0.1) is 5.92 Å². The number of aromatic nitrogens is 1. The van der Waals surface area contributed by atoms with Gasteiger partial charge in [0.05, 0.1) is 18.7 Å². The van der Waals surface area contributed by atoms with E-state index in [2.05, 4.69) is 16.0 Å². The molecule has 0 spiro atoms. The van der Waals surface area contributed by atoms with Crippen molar-refractivity contribution in [1.29, 1.82) is 0 Å². The minimum Gasteiger partial charge on any atom is -0.496 e. The summed E-state index contributed by atoms with van der Waals surface area (Å²) in [6.45, 7) is 1.94. The van der Waals surface area contributed by atoms with Gasteiger partial charge in [-0.1, -0.05) is 6.07 Å². The average molecular weight is 274 g/mol. The second kappa shape index (κ2) is 5.46. The van der Waals surface area contributed by atoms with Gasteiger partial charge in [0.25, 0.3) is 0 Å². The maximum absolute atomic E-state index is 10.8. The molecule has 2 heterocycles. The summed E-state index contributed by atoms with van der Waals surface area (Å²) in [4.78, 5) is 0. The Labute approximate surface area is 119 Å². The van der Waals surface area contributed by atoms with Gasteiger partial charge in [0, 0.05) is 36.7 Å². The van der Waals surface area contributed by atoms with E-state index in [0.29, 0.717) is 0 Å². The van der Waals surface area contributed by atoms with Crippen molar-refractivity contribution in [2.75, 3.05) is 20.2 Å². The zero-order valence-corrected chi connectivity index (χ0v) is 12.1. The molecule has 1 aliphatic heterocycles. The van der Waals surface area contributed by atoms with Crippen molar-refractivity contribution in [2.24, 2.45) is 13.0 Å². The van der Waals surface area contributed by atoms with E-state index in [1.54, 1.807) is 7.11 Å². The molecule has 2 N–H and O–H groups in total. The summed E-state index contributed by atoms with van der Waals surface area (Å²) in [6, 6.07) is 6.00. The van der Waals surface area contributed by atoms with Crippen molar-refractivity contribution in [3.8, 4) is 5.75 Å². The number of hydrogen-bond donors (Lipinski definition) is 2. The molecule has 2 unspecified atom stereocenters. The maximum Gasteiger partial charge on any atom is 0.128 e. The number of ether oxygens (including phenoxy) is 1. The van der Waals surface area contributed by atoms with Gasteiger partial charge in [0.15, 0.2) is 0 Å². The monoisotopic (exact) mass is 274 g/mol. The van der Waals surface area contributed by atoms with Crippen LogP contribution in [0.1, 0.15) is 24.5 Å². The second-order valence-corrected chi connectivity index (χ2v) is 5.60. The quantitative estimate of drug-likeness (QED) is 0.902. The van der Waals surface area contributed by atoms with Gasteiger partial charge in [-0.15, -0.1) is 0 Å². The maximum atomic E-state index is 10.8. The van der Waals surface area contributed by atoms with Crippen LogP contribution in [0.4, 0.5) is 0 Å². The molecule has 108 valence electrons. The Hall–Kier alpha value is -1.52. The summed E-state index contributed by atoms with van der Waals surface area (Å²) in [7, 11) is 3.69. The van der Waals surface area contributed by atoms with Gasteiger partial charge >= 0.3 is 0 Å². The molecule has 0 saturated carbocycles. The molecule has 1 saturated heterocycles. The Kier molecular flexibility index (Phi) is 3.68. The van der Waals surface area contributed by atoms with Gasteiger partial charge < -0.3 is 19.7 Å². The molecule has 2 aromatic rings. The number of hydrogen-bond acceptors (Lipinski definition) is 3. The fourth-order valence-corrected chi connectivity index (χ4v) is 3.24. The third-order valence-corrected chi connectivity index (χ3v) is 4.33. The normalized spacial score (nSPS) is 21.1. The molecule has 1 fully saturated rings. The number of aliphatic hydroxyl groups excluding tert-OH is 1. The third-order valence-electron chi connectivity index (χ3n) is 4.33. The molecule has 0 aliphatic carbocycles. The molecular weight excluding hydrogens is 252 g/mol. The van der Waals surface area contributed by atoms with E-state index in [0.717, 1.165) is 48.1 Å². The van der Waals surface area contributed by atoms with Crippen LogP contribution in [0.25, 0.3) is 10.9 Å². The molecule has 4 heteroatoms. The van der Waals surface area contributed by atoms with E-state index in [4.69, 9.17) is 4.74 Å². The predicted molar refractivity (Wildman–Crippen MR) is 80.0 cm³/mol. The van der Waals surface area contributed by atoms with Crippen molar-refractivity contribution >= 4 is 10.9 Å². The summed E-state index contributed by atoms with van der Waals surface area (Å²) in [5, 5.41) is 15.2. The average Bonchev–Trinajstić information content (AvgIpc) is 2.85. The largest absolute Gasteiger partial charge is 0.496 e. The van der Waals surface area contributed by atoms with E-state index in [1.807, 2.05) is 25.4 Å². The summed E-state index contributed by atoms with van der Waals surface area (Å²) < 4.78 is 7.54. The van der Waals surface area contributed by atoms with Gasteiger partial charge in [-0.3, -0.25) is 0 Å². The molecule has 0 radical (unpaired) electrons. The number of methoxy groups -OCH3 is 1. The highest BCUT2D eigenvalue weighted by atomic mass is 16.5. The number of fused-ring (bicyclic) bond motifs is 1. The smallest absolute Gasteiger partial charge is 0.128 e. The Balaban J connectivity index is 2.06. The number of nitrogens with zero attached hydrogens (tertiary/aromatic N) is 1. The molecule has 0 amide bonds. The van der Waals surface area contributed by atoms with Gasteiger partial charge in [0.2, 0.25) is 0 Å². The molecule has 3 rings (SSSR count). The number of benzene rings is 1. The Morgan fingerprint density at radius 2 is 2.30 bits per heavy atom. The fraction of sp³-hybridized carbons (Fsp3) is 0.500.